The van der Waals surface area contributed by atoms with Crippen molar-refractivity contribution < 1.29 is 9.47 Å². The monoisotopic (exact) mass is 211 g/mol. The second-order valence-corrected chi connectivity index (χ2v) is 3.19. The predicted molar refractivity (Wildman–Crippen MR) is 57.3 cm³/mol. The Hall–Kier alpha value is -1.17. The van der Waals surface area contributed by atoms with E-state index < -0.39 is 0 Å². The first-order chi connectivity index (χ1) is 7.24. The summed E-state index contributed by atoms with van der Waals surface area (Å²) >= 11 is 0. The van der Waals surface area contributed by atoms with Gasteiger partial charge in [0.05, 0.1) is 19.4 Å². The number of nitrogens with zero attached hydrogens (tertiary/aromatic N) is 1. The van der Waals surface area contributed by atoms with Crippen molar-refractivity contribution in [3.05, 3.63) is 23.0 Å². The number of nitrogens with one attached hydrogen (secondary N) is 1. The minimum atomic E-state index is 0.501. The first-order valence-electron chi connectivity index (χ1n) is 4.68. The van der Waals surface area contributed by atoms with Gasteiger partial charge in [-0.25, -0.2) is 0 Å². The summed E-state index contributed by atoms with van der Waals surface area (Å²) in [4.78, 5) is 4.24. The van der Waals surface area contributed by atoms with E-state index in [1.165, 1.54) is 0 Å². The average Bonchev–Trinajstić information content (AvgIpc) is 2.23. The molecule has 0 aliphatic rings. The maximum atomic E-state index is 5.33. The van der Waals surface area contributed by atoms with Crippen molar-refractivity contribution in [2.45, 2.75) is 20.1 Å². The molecule has 0 aliphatic carbocycles. The van der Waals surface area contributed by atoms with E-state index in [2.05, 4.69) is 10.4 Å². The second-order valence-electron chi connectivity index (χ2n) is 3.19. The Kier molecular flexibility index (Phi) is 4.48. The quantitative estimate of drug-likeness (QED) is 0.548. The summed E-state index contributed by atoms with van der Waals surface area (Å²) in [6.07, 6.45) is 1.79. The molecule has 0 bridgehead atoms. The number of pyridine rings is 1. The largest absolute Gasteiger partial charge is 0.495 e. The highest BCUT2D eigenvalue weighted by Crippen LogP contribution is 2.25. The lowest BCUT2D eigenvalue weighted by Crippen LogP contribution is -2.22. The summed E-state index contributed by atoms with van der Waals surface area (Å²) in [5, 5.41) is 0. The van der Waals surface area contributed by atoms with Crippen LogP contribution in [0.5, 0.6) is 5.75 Å². The van der Waals surface area contributed by atoms with E-state index in [9.17, 15) is 0 Å². The molecule has 1 aromatic heterocycles. The third-order valence-electron chi connectivity index (χ3n) is 2.19. The fourth-order valence-electron chi connectivity index (χ4n) is 1.52. The summed E-state index contributed by atoms with van der Waals surface area (Å²) in [7, 11) is 3.27. The highest BCUT2D eigenvalue weighted by molar-refractivity contribution is 5.41. The Morgan fingerprint density at radius 3 is 2.73 bits per heavy atom. The van der Waals surface area contributed by atoms with E-state index >= 15 is 0 Å². The highest BCUT2D eigenvalue weighted by Gasteiger charge is 2.12. The normalized spacial score (nSPS) is 10.4. The molecule has 1 aromatic rings. The van der Waals surface area contributed by atoms with E-state index in [4.69, 9.17) is 15.3 Å². The molecule has 0 amide bonds. The van der Waals surface area contributed by atoms with Crippen molar-refractivity contribution in [1.82, 2.24) is 10.4 Å². The summed E-state index contributed by atoms with van der Waals surface area (Å²) in [5.74, 6) is 6.10. The molecule has 1 heterocycles. The molecule has 0 atom stereocenters. The Morgan fingerprint density at radius 1 is 1.47 bits per heavy atom. The molecule has 0 saturated heterocycles. The van der Waals surface area contributed by atoms with Crippen molar-refractivity contribution in [2.75, 3.05) is 14.2 Å². The molecule has 1 rings (SSSR count). The third kappa shape index (κ3) is 2.65. The van der Waals surface area contributed by atoms with Crippen LogP contribution in [0.2, 0.25) is 0 Å². The molecular formula is C10H17N3O2. The number of rotatable bonds is 5. The van der Waals surface area contributed by atoms with Gasteiger partial charge in [0, 0.05) is 31.0 Å². The van der Waals surface area contributed by atoms with Crippen LogP contribution < -0.4 is 16.0 Å². The third-order valence-corrected chi connectivity index (χ3v) is 2.19. The van der Waals surface area contributed by atoms with Crippen molar-refractivity contribution in [2.24, 2.45) is 5.84 Å². The highest BCUT2D eigenvalue weighted by atomic mass is 16.5. The van der Waals surface area contributed by atoms with Gasteiger partial charge in [-0.2, -0.15) is 0 Å². The maximum absolute atomic E-state index is 5.33. The molecule has 0 radical (unpaired) electrons. The Labute approximate surface area is 89.6 Å². The van der Waals surface area contributed by atoms with Gasteiger partial charge in [-0.1, -0.05) is 0 Å². The van der Waals surface area contributed by atoms with Gasteiger partial charge in [0.15, 0.2) is 0 Å². The zero-order valence-electron chi connectivity index (χ0n) is 9.33. The fourth-order valence-corrected chi connectivity index (χ4v) is 1.52. The zero-order valence-corrected chi connectivity index (χ0v) is 9.33. The van der Waals surface area contributed by atoms with Crippen LogP contribution in [0.4, 0.5) is 0 Å². The zero-order chi connectivity index (χ0) is 11.3. The van der Waals surface area contributed by atoms with Gasteiger partial charge in [-0.05, 0) is 6.92 Å². The van der Waals surface area contributed by atoms with E-state index in [1.54, 1.807) is 20.4 Å². The summed E-state index contributed by atoms with van der Waals surface area (Å²) in [5.41, 5.74) is 5.45. The minimum absolute atomic E-state index is 0.501. The van der Waals surface area contributed by atoms with Crippen LogP contribution in [0, 0.1) is 6.92 Å². The van der Waals surface area contributed by atoms with Crippen LogP contribution >= 0.6 is 0 Å². The summed E-state index contributed by atoms with van der Waals surface area (Å²) < 4.78 is 10.4. The van der Waals surface area contributed by atoms with Crippen molar-refractivity contribution in [3.8, 4) is 5.75 Å². The Bertz CT molecular complexity index is 329. The molecule has 3 N–H and O–H groups in total. The minimum Gasteiger partial charge on any atom is -0.495 e. The van der Waals surface area contributed by atoms with Crippen LogP contribution in [-0.4, -0.2) is 19.2 Å². The SMILES string of the molecule is COCc1cnc(C)c(OC)c1CNN. The number of hydrazine groups is 1. The van der Waals surface area contributed by atoms with E-state index in [-0.39, 0.29) is 0 Å². The van der Waals surface area contributed by atoms with Crippen LogP contribution in [-0.2, 0) is 17.9 Å². The molecule has 0 unspecified atom stereocenters. The molecule has 0 fully saturated rings. The van der Waals surface area contributed by atoms with E-state index in [0.717, 1.165) is 22.6 Å². The van der Waals surface area contributed by atoms with Gasteiger partial charge >= 0.3 is 0 Å². The lowest BCUT2D eigenvalue weighted by molar-refractivity contribution is 0.183. The number of hydrogen-bond donors (Lipinski definition) is 2. The number of aromatic nitrogens is 1. The van der Waals surface area contributed by atoms with Crippen LogP contribution in [0.1, 0.15) is 16.8 Å². The van der Waals surface area contributed by atoms with Gasteiger partial charge in [0.2, 0.25) is 0 Å². The summed E-state index contributed by atoms with van der Waals surface area (Å²) in [6.45, 7) is 2.93. The van der Waals surface area contributed by atoms with E-state index in [0.29, 0.717) is 13.2 Å². The number of ether oxygens (including phenoxy) is 2. The Morgan fingerprint density at radius 2 is 2.20 bits per heavy atom. The van der Waals surface area contributed by atoms with Crippen LogP contribution in [0.15, 0.2) is 6.20 Å². The molecule has 84 valence electrons. The summed E-state index contributed by atoms with van der Waals surface area (Å²) in [6, 6.07) is 0. The van der Waals surface area contributed by atoms with Gasteiger partial charge < -0.3 is 9.47 Å². The topological polar surface area (TPSA) is 69.4 Å². The molecule has 0 saturated carbocycles. The van der Waals surface area contributed by atoms with E-state index in [1.807, 2.05) is 6.92 Å². The number of methoxy groups -OCH3 is 2. The molecule has 15 heavy (non-hydrogen) atoms. The predicted octanol–water partition coefficient (Wildman–Crippen LogP) is 0.508. The van der Waals surface area contributed by atoms with Crippen molar-refractivity contribution in [1.29, 1.82) is 0 Å². The molecule has 0 aliphatic heterocycles. The molecule has 0 aromatic carbocycles. The van der Waals surface area contributed by atoms with Crippen molar-refractivity contribution >= 4 is 0 Å². The average molecular weight is 211 g/mol. The van der Waals surface area contributed by atoms with Crippen molar-refractivity contribution in [3.63, 3.8) is 0 Å². The van der Waals surface area contributed by atoms with Gasteiger partial charge in [-0.15, -0.1) is 0 Å². The lowest BCUT2D eigenvalue weighted by atomic mass is 10.1. The molecule has 5 nitrogen and oxygen atoms in total. The molecule has 5 heteroatoms. The number of hydrogen-bond acceptors (Lipinski definition) is 5. The lowest BCUT2D eigenvalue weighted by Gasteiger charge is -2.14. The number of nitrogens with two attached hydrogens (primary N) is 1. The first kappa shape index (κ1) is 11.9. The number of aryl methyl sites for hydroxylation is 1. The first-order valence-corrected chi connectivity index (χ1v) is 4.68. The Balaban J connectivity index is 3.15. The second kappa shape index (κ2) is 5.65. The van der Waals surface area contributed by atoms with Gasteiger partial charge in [0.25, 0.3) is 0 Å². The van der Waals surface area contributed by atoms with Gasteiger partial charge in [0.1, 0.15) is 5.75 Å². The van der Waals surface area contributed by atoms with Crippen LogP contribution in [0.3, 0.4) is 0 Å². The molecular weight excluding hydrogens is 194 g/mol. The van der Waals surface area contributed by atoms with Gasteiger partial charge in [-0.3, -0.25) is 16.3 Å². The standard InChI is InChI=1S/C10H17N3O2/c1-7-10(15-3)9(5-13-11)8(4-12-7)6-14-2/h4,13H,5-6,11H2,1-3H3. The maximum Gasteiger partial charge on any atom is 0.144 e. The van der Waals surface area contributed by atoms with Crippen LogP contribution in [0.25, 0.3) is 0 Å². The fraction of sp³-hybridized carbons (Fsp3) is 0.500. The smallest absolute Gasteiger partial charge is 0.144 e. The molecule has 0 spiro atoms.